The third-order valence-electron chi connectivity index (χ3n) is 5.16. The van der Waals surface area contributed by atoms with E-state index in [1.165, 1.54) is 18.3 Å². The molecule has 0 radical (unpaired) electrons. The molecule has 138 valence electrons. The zero-order chi connectivity index (χ0) is 17.2. The maximum Gasteiger partial charge on any atom is 0.254 e. The molecule has 1 saturated heterocycles. The largest absolute Gasteiger partial charge is 0.332 e. The van der Waals surface area contributed by atoms with E-state index in [0.717, 1.165) is 25.1 Å². The Labute approximate surface area is 158 Å². The van der Waals surface area contributed by atoms with Crippen molar-refractivity contribution in [1.29, 1.82) is 0 Å². The minimum absolute atomic E-state index is 0. The van der Waals surface area contributed by atoms with Crippen LogP contribution in [0.2, 0.25) is 0 Å². The molecule has 1 atom stereocenters. The van der Waals surface area contributed by atoms with Crippen molar-refractivity contribution in [3.05, 3.63) is 63.3 Å². The van der Waals surface area contributed by atoms with Crippen LogP contribution in [0, 0.1) is 5.92 Å². The molecule has 26 heavy (non-hydrogen) atoms. The molecule has 6 nitrogen and oxygen atoms in total. The van der Waals surface area contributed by atoms with Gasteiger partial charge in [-0.25, -0.2) is 4.98 Å². The van der Waals surface area contributed by atoms with Crippen LogP contribution in [0.3, 0.4) is 0 Å². The van der Waals surface area contributed by atoms with Crippen molar-refractivity contribution in [1.82, 2.24) is 20.2 Å². The predicted octanol–water partition coefficient (Wildman–Crippen LogP) is 1.54. The highest BCUT2D eigenvalue weighted by Gasteiger charge is 2.24. The molecule has 1 amide bonds. The molecular weight excluding hydrogens is 352 g/mol. The van der Waals surface area contributed by atoms with Gasteiger partial charge in [-0.3, -0.25) is 9.59 Å². The maximum atomic E-state index is 12.9. The Morgan fingerprint density at radius 3 is 3.04 bits per heavy atom. The number of hydrogen-bond donors (Lipinski definition) is 2. The van der Waals surface area contributed by atoms with Crippen molar-refractivity contribution >= 4 is 18.3 Å². The number of aromatic amines is 1. The van der Waals surface area contributed by atoms with Gasteiger partial charge >= 0.3 is 0 Å². The first-order valence-corrected chi connectivity index (χ1v) is 8.85. The maximum absolute atomic E-state index is 12.9. The Morgan fingerprint density at radius 2 is 2.23 bits per heavy atom. The number of carbonyl (C=O) groups excluding carboxylic acids is 1. The van der Waals surface area contributed by atoms with E-state index in [2.05, 4.69) is 21.4 Å². The molecule has 1 unspecified atom stereocenters. The van der Waals surface area contributed by atoms with E-state index >= 15 is 0 Å². The number of halogens is 1. The van der Waals surface area contributed by atoms with Crippen LogP contribution in [-0.2, 0) is 19.4 Å². The number of H-pyrrole nitrogens is 1. The fourth-order valence-electron chi connectivity index (χ4n) is 3.77. The van der Waals surface area contributed by atoms with Gasteiger partial charge in [-0.2, -0.15) is 0 Å². The molecule has 7 heteroatoms. The third kappa shape index (κ3) is 3.81. The van der Waals surface area contributed by atoms with Gasteiger partial charge in [0.05, 0.1) is 18.6 Å². The lowest BCUT2D eigenvalue weighted by Gasteiger charge is -2.27. The normalized spacial score (nSPS) is 18.9. The van der Waals surface area contributed by atoms with E-state index in [1.807, 2.05) is 18.2 Å². The van der Waals surface area contributed by atoms with Crippen LogP contribution < -0.4 is 10.9 Å². The standard InChI is InChI=1S/C19H22N4O2.ClH/c24-18-16-5-7-23(11-17(16)21-12-22-18)19(25)15-3-1-2-13(9-15)8-14-4-6-20-10-14;/h1-3,9,12,14,20H,4-8,10-11H2,(H,21,22,24);1H. The Morgan fingerprint density at radius 1 is 1.35 bits per heavy atom. The van der Waals surface area contributed by atoms with E-state index in [1.54, 1.807) is 4.90 Å². The zero-order valence-electron chi connectivity index (χ0n) is 14.5. The minimum atomic E-state index is -0.0933. The summed E-state index contributed by atoms with van der Waals surface area (Å²) in [4.78, 5) is 33.3. The number of nitrogens with zero attached hydrogens (tertiary/aromatic N) is 2. The highest BCUT2D eigenvalue weighted by atomic mass is 35.5. The first-order chi connectivity index (χ1) is 12.2. The average molecular weight is 375 g/mol. The fraction of sp³-hybridized carbons (Fsp3) is 0.421. The molecule has 2 aromatic rings. The Balaban J connectivity index is 0.00000196. The molecule has 1 aromatic heterocycles. The van der Waals surface area contributed by atoms with Crippen LogP contribution in [0.4, 0.5) is 0 Å². The molecule has 1 fully saturated rings. The van der Waals surface area contributed by atoms with Gasteiger partial charge in [0.2, 0.25) is 0 Å². The fourth-order valence-corrected chi connectivity index (χ4v) is 3.77. The first kappa shape index (κ1) is 18.6. The van der Waals surface area contributed by atoms with E-state index in [9.17, 15) is 9.59 Å². The molecule has 3 heterocycles. The minimum Gasteiger partial charge on any atom is -0.332 e. The second-order valence-electron chi connectivity index (χ2n) is 6.90. The molecule has 4 rings (SSSR count). The lowest BCUT2D eigenvalue weighted by Crippen LogP contribution is -2.39. The summed E-state index contributed by atoms with van der Waals surface area (Å²) in [5.41, 5.74) is 3.25. The summed E-state index contributed by atoms with van der Waals surface area (Å²) in [7, 11) is 0. The number of benzene rings is 1. The van der Waals surface area contributed by atoms with Crippen molar-refractivity contribution in [2.45, 2.75) is 25.8 Å². The van der Waals surface area contributed by atoms with Crippen LogP contribution in [0.5, 0.6) is 0 Å². The van der Waals surface area contributed by atoms with Gasteiger partial charge in [-0.15, -0.1) is 12.4 Å². The number of aromatic nitrogens is 2. The van der Waals surface area contributed by atoms with Crippen molar-refractivity contribution in [2.75, 3.05) is 19.6 Å². The summed E-state index contributed by atoms with van der Waals surface area (Å²) in [6.45, 7) is 3.09. The van der Waals surface area contributed by atoms with Crippen LogP contribution in [0.25, 0.3) is 0 Å². The van der Waals surface area contributed by atoms with Gasteiger partial charge in [0.1, 0.15) is 0 Å². The molecule has 0 aliphatic carbocycles. The molecule has 2 N–H and O–H groups in total. The highest BCUT2D eigenvalue weighted by molar-refractivity contribution is 5.94. The zero-order valence-corrected chi connectivity index (χ0v) is 15.3. The molecule has 1 aromatic carbocycles. The van der Waals surface area contributed by atoms with Gasteiger partial charge in [-0.05, 0) is 56.0 Å². The molecule has 0 spiro atoms. The lowest BCUT2D eigenvalue weighted by molar-refractivity contribution is 0.0731. The third-order valence-corrected chi connectivity index (χ3v) is 5.16. The van der Waals surface area contributed by atoms with Crippen molar-refractivity contribution in [3.63, 3.8) is 0 Å². The van der Waals surface area contributed by atoms with Crippen LogP contribution in [0.15, 0.2) is 35.4 Å². The predicted molar refractivity (Wildman–Crippen MR) is 102 cm³/mol. The van der Waals surface area contributed by atoms with E-state index in [-0.39, 0.29) is 23.9 Å². The molecule has 0 bridgehead atoms. The summed E-state index contributed by atoms with van der Waals surface area (Å²) < 4.78 is 0. The highest BCUT2D eigenvalue weighted by Crippen LogP contribution is 2.19. The summed E-state index contributed by atoms with van der Waals surface area (Å²) in [6.07, 6.45) is 4.16. The topological polar surface area (TPSA) is 78.1 Å². The summed E-state index contributed by atoms with van der Waals surface area (Å²) >= 11 is 0. The number of amides is 1. The average Bonchev–Trinajstić information content (AvgIpc) is 3.14. The van der Waals surface area contributed by atoms with Gasteiger partial charge < -0.3 is 15.2 Å². The van der Waals surface area contributed by atoms with Gasteiger partial charge in [0.25, 0.3) is 11.5 Å². The van der Waals surface area contributed by atoms with E-state index in [4.69, 9.17) is 0 Å². The second kappa shape index (κ2) is 8.01. The van der Waals surface area contributed by atoms with Crippen molar-refractivity contribution in [3.8, 4) is 0 Å². The molecule has 2 aliphatic heterocycles. The number of fused-ring (bicyclic) bond motifs is 1. The van der Waals surface area contributed by atoms with E-state index in [0.29, 0.717) is 36.7 Å². The van der Waals surface area contributed by atoms with Gasteiger partial charge in [0.15, 0.2) is 0 Å². The van der Waals surface area contributed by atoms with Crippen molar-refractivity contribution < 1.29 is 4.79 Å². The van der Waals surface area contributed by atoms with Crippen LogP contribution in [0.1, 0.15) is 33.6 Å². The first-order valence-electron chi connectivity index (χ1n) is 8.85. The Hall–Kier alpha value is -2.18. The number of hydrogen-bond acceptors (Lipinski definition) is 4. The van der Waals surface area contributed by atoms with Crippen LogP contribution >= 0.6 is 12.4 Å². The number of nitrogens with one attached hydrogen (secondary N) is 2. The van der Waals surface area contributed by atoms with Gasteiger partial charge in [0, 0.05) is 17.7 Å². The van der Waals surface area contributed by atoms with E-state index < -0.39 is 0 Å². The molecular formula is C19H23ClN4O2. The summed E-state index contributed by atoms with van der Waals surface area (Å²) in [5, 5.41) is 3.39. The SMILES string of the molecule is Cl.O=C(c1cccc(CC2CCNC2)c1)N1CCc2c(nc[nH]c2=O)C1. The monoisotopic (exact) mass is 374 g/mol. The quantitative estimate of drug-likeness (QED) is 0.854. The molecule has 2 aliphatic rings. The van der Waals surface area contributed by atoms with Crippen LogP contribution in [-0.4, -0.2) is 40.4 Å². The lowest BCUT2D eigenvalue weighted by atomic mass is 9.97. The second-order valence-corrected chi connectivity index (χ2v) is 6.90. The van der Waals surface area contributed by atoms with Crippen molar-refractivity contribution in [2.24, 2.45) is 5.92 Å². The van der Waals surface area contributed by atoms with Gasteiger partial charge in [-0.1, -0.05) is 12.1 Å². The smallest absolute Gasteiger partial charge is 0.254 e. The number of carbonyl (C=O) groups is 1. The summed E-state index contributed by atoms with van der Waals surface area (Å²) in [6, 6.07) is 7.95. The molecule has 0 saturated carbocycles. The summed E-state index contributed by atoms with van der Waals surface area (Å²) in [5.74, 6) is 0.669. The Kier molecular flexibility index (Phi) is 5.74. The number of rotatable bonds is 3. The Bertz CT molecular complexity index is 845.